The van der Waals surface area contributed by atoms with Gasteiger partial charge in [-0.3, -0.25) is 19.6 Å². The van der Waals surface area contributed by atoms with Crippen molar-refractivity contribution in [2.45, 2.75) is 6.04 Å². The number of nitrogens with one attached hydrogen (secondary N) is 2. The van der Waals surface area contributed by atoms with Gasteiger partial charge in [-0.25, -0.2) is 5.48 Å². The third-order valence-electron chi connectivity index (χ3n) is 3.69. The number of amides is 3. The van der Waals surface area contributed by atoms with Crippen LogP contribution in [0, 0.1) is 23.7 Å². The van der Waals surface area contributed by atoms with E-state index in [0.717, 1.165) is 10.5 Å². The number of benzene rings is 1. The Bertz CT molecular complexity index is 957. The van der Waals surface area contributed by atoms with Crippen LogP contribution in [-0.2, 0) is 9.59 Å². The summed E-state index contributed by atoms with van der Waals surface area (Å²) >= 11 is 0. The van der Waals surface area contributed by atoms with Gasteiger partial charge in [-0.2, -0.15) is 0 Å². The summed E-state index contributed by atoms with van der Waals surface area (Å²) < 4.78 is 4.89. The van der Waals surface area contributed by atoms with E-state index in [1.54, 1.807) is 18.2 Å². The molecule has 3 amide bonds. The number of furan rings is 1. The number of hydrogen-bond acceptors (Lipinski definition) is 5. The second-order valence-corrected chi connectivity index (χ2v) is 5.50. The van der Waals surface area contributed by atoms with Crippen LogP contribution in [0.3, 0.4) is 0 Å². The van der Waals surface area contributed by atoms with Crippen LogP contribution in [0.4, 0.5) is 0 Å². The van der Waals surface area contributed by atoms with Gasteiger partial charge in [0.15, 0.2) is 6.04 Å². The predicted octanol–water partition coefficient (Wildman–Crippen LogP) is 0.375. The minimum absolute atomic E-state index is 0.247. The van der Waals surface area contributed by atoms with Gasteiger partial charge in [-0.15, -0.1) is 0 Å². The van der Waals surface area contributed by atoms with Crippen molar-refractivity contribution in [2.24, 2.45) is 0 Å². The van der Waals surface area contributed by atoms with Crippen LogP contribution in [-0.4, -0.2) is 48.0 Å². The lowest BCUT2D eigenvalue weighted by Crippen LogP contribution is -2.54. The average molecular weight is 379 g/mol. The van der Waals surface area contributed by atoms with Crippen molar-refractivity contribution in [1.29, 1.82) is 0 Å². The lowest BCUT2D eigenvalue weighted by atomic mass is 10.1. The Labute approximate surface area is 161 Å². The maximum absolute atomic E-state index is 12.5. The third kappa shape index (κ3) is 5.01. The van der Waals surface area contributed by atoms with E-state index < -0.39 is 23.8 Å². The Morgan fingerprint density at radius 2 is 1.68 bits per heavy atom. The number of hydrogen-bond donors (Lipinski definition) is 3. The Hall–Kier alpha value is -4.01. The first-order valence-electron chi connectivity index (χ1n) is 8.05. The van der Waals surface area contributed by atoms with Crippen molar-refractivity contribution in [3.63, 3.8) is 0 Å². The van der Waals surface area contributed by atoms with Gasteiger partial charge in [0, 0.05) is 25.2 Å². The highest BCUT2D eigenvalue weighted by Gasteiger charge is 2.33. The van der Waals surface area contributed by atoms with E-state index >= 15 is 0 Å². The van der Waals surface area contributed by atoms with E-state index in [0.29, 0.717) is 5.56 Å². The molecule has 0 spiro atoms. The van der Waals surface area contributed by atoms with E-state index in [2.05, 4.69) is 29.0 Å². The monoisotopic (exact) mass is 379 g/mol. The molecule has 1 heterocycles. The van der Waals surface area contributed by atoms with Gasteiger partial charge < -0.3 is 14.6 Å². The quantitative estimate of drug-likeness (QED) is 0.308. The zero-order valence-corrected chi connectivity index (χ0v) is 15.1. The van der Waals surface area contributed by atoms with Gasteiger partial charge in [0.1, 0.15) is 6.26 Å². The molecule has 0 radical (unpaired) electrons. The summed E-state index contributed by atoms with van der Waals surface area (Å²) in [5.41, 5.74) is 2.99. The SMILES string of the molecule is CNC(=O)C(C(=O)NO)N(C)C(=O)c1ccc(C#CC#Cc2ccoc2)cc1. The molecular weight excluding hydrogens is 362 g/mol. The molecule has 1 atom stereocenters. The highest BCUT2D eigenvalue weighted by Crippen LogP contribution is 2.09. The van der Waals surface area contributed by atoms with Crippen LogP contribution in [0.25, 0.3) is 0 Å². The number of likely N-dealkylation sites (N-methyl/N-ethyl adjacent to an activating group) is 2. The summed E-state index contributed by atoms with van der Waals surface area (Å²) in [5, 5.41) is 11.1. The lowest BCUT2D eigenvalue weighted by molar-refractivity contribution is -0.140. The molecule has 2 aromatic rings. The fraction of sp³-hybridized carbons (Fsp3) is 0.150. The smallest absolute Gasteiger partial charge is 0.275 e. The molecule has 3 N–H and O–H groups in total. The summed E-state index contributed by atoms with van der Waals surface area (Å²) in [6, 6.07) is 6.48. The van der Waals surface area contributed by atoms with Crippen molar-refractivity contribution in [3.8, 4) is 23.7 Å². The molecule has 8 nitrogen and oxygen atoms in total. The molecule has 8 heteroatoms. The van der Waals surface area contributed by atoms with Gasteiger partial charge in [-0.1, -0.05) is 5.92 Å². The molecule has 1 aromatic heterocycles. The van der Waals surface area contributed by atoms with Gasteiger partial charge in [0.05, 0.1) is 11.8 Å². The fourth-order valence-electron chi connectivity index (χ4n) is 2.23. The van der Waals surface area contributed by atoms with Crippen LogP contribution in [0.5, 0.6) is 0 Å². The number of rotatable bonds is 4. The van der Waals surface area contributed by atoms with E-state index in [9.17, 15) is 14.4 Å². The fourth-order valence-corrected chi connectivity index (χ4v) is 2.23. The molecule has 0 saturated heterocycles. The standard InChI is InChI=1S/C20H17N3O5/c1-21-18(24)17(19(25)22-27)23(2)20(26)16-9-7-14(8-10-16)5-3-4-6-15-11-12-28-13-15/h7-13,17,27H,1-2H3,(H,21,24)(H,22,25). The Morgan fingerprint density at radius 1 is 1.04 bits per heavy atom. The summed E-state index contributed by atoms with van der Waals surface area (Å²) in [4.78, 5) is 37.1. The molecule has 142 valence electrons. The molecular formula is C20H17N3O5. The average Bonchev–Trinajstić information content (AvgIpc) is 3.24. The molecule has 1 aromatic carbocycles. The maximum Gasteiger partial charge on any atom is 0.275 e. The third-order valence-corrected chi connectivity index (χ3v) is 3.69. The maximum atomic E-state index is 12.5. The van der Waals surface area contributed by atoms with E-state index in [-0.39, 0.29) is 5.56 Å². The number of nitrogens with zero attached hydrogens (tertiary/aromatic N) is 1. The first-order valence-corrected chi connectivity index (χ1v) is 8.05. The molecule has 0 aliphatic heterocycles. The Morgan fingerprint density at radius 3 is 2.21 bits per heavy atom. The minimum Gasteiger partial charge on any atom is -0.471 e. The minimum atomic E-state index is -1.51. The zero-order valence-electron chi connectivity index (χ0n) is 15.1. The predicted molar refractivity (Wildman–Crippen MR) is 98.8 cm³/mol. The van der Waals surface area contributed by atoms with Crippen LogP contribution >= 0.6 is 0 Å². The van der Waals surface area contributed by atoms with Crippen LogP contribution in [0.15, 0.2) is 47.3 Å². The van der Waals surface area contributed by atoms with Crippen LogP contribution in [0.2, 0.25) is 0 Å². The van der Waals surface area contributed by atoms with Gasteiger partial charge in [0.2, 0.25) is 0 Å². The van der Waals surface area contributed by atoms with Crippen molar-refractivity contribution in [2.75, 3.05) is 14.1 Å². The molecule has 0 saturated carbocycles. The van der Waals surface area contributed by atoms with Gasteiger partial charge in [0.25, 0.3) is 17.7 Å². The van der Waals surface area contributed by atoms with E-state index in [1.165, 1.54) is 44.2 Å². The summed E-state index contributed by atoms with van der Waals surface area (Å²) in [6.07, 6.45) is 3.03. The molecule has 1 unspecified atom stereocenters. The number of carbonyl (C=O) groups excluding carboxylic acids is 3. The zero-order chi connectivity index (χ0) is 20.5. The molecule has 0 aliphatic carbocycles. The highest BCUT2D eigenvalue weighted by molar-refractivity contribution is 6.08. The van der Waals surface area contributed by atoms with Crippen molar-refractivity contribution < 1.29 is 24.0 Å². The second kappa shape index (κ2) is 9.62. The second-order valence-electron chi connectivity index (χ2n) is 5.50. The van der Waals surface area contributed by atoms with Crippen molar-refractivity contribution >= 4 is 17.7 Å². The van der Waals surface area contributed by atoms with Gasteiger partial charge >= 0.3 is 0 Å². The van der Waals surface area contributed by atoms with E-state index in [1.807, 2.05) is 0 Å². The Balaban J connectivity index is 2.12. The number of hydroxylamine groups is 1. The summed E-state index contributed by atoms with van der Waals surface area (Å²) in [7, 11) is 2.61. The topological polar surface area (TPSA) is 112 Å². The van der Waals surface area contributed by atoms with Gasteiger partial charge in [-0.05, 0) is 48.1 Å². The molecule has 0 bridgehead atoms. The molecule has 0 aliphatic rings. The first kappa shape index (κ1) is 20.3. The largest absolute Gasteiger partial charge is 0.471 e. The highest BCUT2D eigenvalue weighted by atomic mass is 16.5. The first-order chi connectivity index (χ1) is 13.5. The summed E-state index contributed by atoms with van der Waals surface area (Å²) in [5.74, 6) is 8.70. The lowest BCUT2D eigenvalue weighted by Gasteiger charge is -2.25. The van der Waals surface area contributed by atoms with Crippen molar-refractivity contribution in [3.05, 3.63) is 59.5 Å². The normalized spacial score (nSPS) is 10.4. The van der Waals surface area contributed by atoms with E-state index in [4.69, 9.17) is 9.62 Å². The molecule has 28 heavy (non-hydrogen) atoms. The van der Waals surface area contributed by atoms with Crippen molar-refractivity contribution in [1.82, 2.24) is 15.7 Å². The molecule has 0 fully saturated rings. The molecule has 2 rings (SSSR count). The van der Waals surface area contributed by atoms with Crippen LogP contribution in [0.1, 0.15) is 21.5 Å². The summed E-state index contributed by atoms with van der Waals surface area (Å²) in [6.45, 7) is 0. The van der Waals surface area contributed by atoms with Crippen LogP contribution < -0.4 is 10.8 Å². The number of carbonyl (C=O) groups is 3. The Kier molecular flexibility index (Phi) is 6.98.